The number of rotatable bonds is 6. The van der Waals surface area contributed by atoms with Crippen molar-refractivity contribution < 1.29 is 14.3 Å². The molecule has 4 rings (SSSR count). The maximum absolute atomic E-state index is 12.7. The lowest BCUT2D eigenvalue weighted by molar-refractivity contribution is 0.103. The number of H-pyrrole nitrogens is 1. The van der Waals surface area contributed by atoms with Crippen molar-refractivity contribution in [2.75, 3.05) is 7.11 Å². The van der Waals surface area contributed by atoms with Crippen LogP contribution in [0.4, 0.5) is 0 Å². The Labute approximate surface area is 163 Å². The van der Waals surface area contributed by atoms with Crippen LogP contribution in [0.1, 0.15) is 27.3 Å². The predicted octanol–water partition coefficient (Wildman–Crippen LogP) is 4.69. The summed E-state index contributed by atoms with van der Waals surface area (Å²) in [6, 6.07) is 20.4. The molecule has 0 unspecified atom stereocenters. The van der Waals surface area contributed by atoms with Crippen molar-refractivity contribution in [3.8, 4) is 11.5 Å². The number of nitrogens with zero attached hydrogens (tertiary/aromatic N) is 1. The van der Waals surface area contributed by atoms with E-state index in [1.165, 1.54) is 0 Å². The molecular formula is C23H20N2O3. The first-order valence-corrected chi connectivity index (χ1v) is 9.00. The number of hydrogen-bond donors (Lipinski definition) is 1. The van der Waals surface area contributed by atoms with Crippen LogP contribution in [0.5, 0.6) is 11.5 Å². The van der Waals surface area contributed by atoms with E-state index in [9.17, 15) is 4.79 Å². The molecule has 3 aromatic carbocycles. The SMILES string of the molecule is COc1ccc(C(=O)c2ccc(OCc3nc4ccccc4[nH]3)c(C)c2)cc1. The maximum atomic E-state index is 12.7. The Kier molecular flexibility index (Phi) is 4.81. The summed E-state index contributed by atoms with van der Waals surface area (Å²) in [5.74, 6) is 2.18. The largest absolute Gasteiger partial charge is 0.497 e. The highest BCUT2D eigenvalue weighted by atomic mass is 16.5. The van der Waals surface area contributed by atoms with E-state index < -0.39 is 0 Å². The molecule has 5 nitrogen and oxygen atoms in total. The fourth-order valence-corrected chi connectivity index (χ4v) is 3.08. The van der Waals surface area contributed by atoms with Gasteiger partial charge in [-0.25, -0.2) is 4.98 Å². The van der Waals surface area contributed by atoms with Gasteiger partial charge in [-0.15, -0.1) is 0 Å². The zero-order chi connectivity index (χ0) is 19.5. The fraction of sp³-hybridized carbons (Fsp3) is 0.130. The number of ether oxygens (including phenoxy) is 2. The molecule has 0 saturated heterocycles. The Bertz CT molecular complexity index is 1100. The molecule has 0 aliphatic rings. The van der Waals surface area contributed by atoms with Gasteiger partial charge < -0.3 is 14.5 Å². The maximum Gasteiger partial charge on any atom is 0.193 e. The summed E-state index contributed by atoms with van der Waals surface area (Å²) in [5, 5.41) is 0. The number of imidazole rings is 1. The number of carbonyl (C=O) groups is 1. The van der Waals surface area contributed by atoms with Crippen LogP contribution in [0, 0.1) is 6.92 Å². The van der Waals surface area contributed by atoms with E-state index in [2.05, 4.69) is 9.97 Å². The van der Waals surface area contributed by atoms with Gasteiger partial charge in [0.1, 0.15) is 23.9 Å². The molecule has 1 heterocycles. The molecule has 28 heavy (non-hydrogen) atoms. The van der Waals surface area contributed by atoms with E-state index in [1.54, 1.807) is 37.4 Å². The lowest BCUT2D eigenvalue weighted by Gasteiger charge is -2.10. The molecule has 0 radical (unpaired) electrons. The van der Waals surface area contributed by atoms with Crippen molar-refractivity contribution >= 4 is 16.8 Å². The second kappa shape index (κ2) is 7.56. The van der Waals surface area contributed by atoms with E-state index in [0.717, 1.165) is 33.9 Å². The van der Waals surface area contributed by atoms with E-state index in [0.29, 0.717) is 17.7 Å². The van der Waals surface area contributed by atoms with Crippen molar-refractivity contribution in [3.63, 3.8) is 0 Å². The number of nitrogens with one attached hydrogen (secondary N) is 1. The van der Waals surface area contributed by atoms with Gasteiger partial charge in [0.25, 0.3) is 0 Å². The summed E-state index contributed by atoms with van der Waals surface area (Å²) >= 11 is 0. The molecule has 0 spiro atoms. The molecule has 0 fully saturated rings. The third-order valence-electron chi connectivity index (χ3n) is 4.59. The zero-order valence-electron chi connectivity index (χ0n) is 15.7. The number of ketones is 1. The van der Waals surface area contributed by atoms with Gasteiger partial charge >= 0.3 is 0 Å². The second-order valence-electron chi connectivity index (χ2n) is 6.53. The van der Waals surface area contributed by atoms with Crippen molar-refractivity contribution in [1.82, 2.24) is 9.97 Å². The Morgan fingerprint density at radius 1 is 1.00 bits per heavy atom. The summed E-state index contributed by atoms with van der Waals surface area (Å²) in [6.07, 6.45) is 0. The number of aromatic amines is 1. The number of aromatic nitrogens is 2. The first-order chi connectivity index (χ1) is 13.6. The summed E-state index contributed by atoms with van der Waals surface area (Å²) in [7, 11) is 1.60. The molecule has 0 aliphatic carbocycles. The van der Waals surface area contributed by atoms with Crippen molar-refractivity contribution in [1.29, 1.82) is 0 Å². The molecular weight excluding hydrogens is 352 g/mol. The topological polar surface area (TPSA) is 64.2 Å². The van der Waals surface area contributed by atoms with Gasteiger partial charge in [0, 0.05) is 11.1 Å². The minimum Gasteiger partial charge on any atom is -0.497 e. The number of benzene rings is 3. The van der Waals surface area contributed by atoms with E-state index in [4.69, 9.17) is 9.47 Å². The lowest BCUT2D eigenvalue weighted by Crippen LogP contribution is -2.03. The van der Waals surface area contributed by atoms with Gasteiger partial charge in [0.15, 0.2) is 5.78 Å². The van der Waals surface area contributed by atoms with Gasteiger partial charge in [-0.3, -0.25) is 4.79 Å². The zero-order valence-corrected chi connectivity index (χ0v) is 15.7. The van der Waals surface area contributed by atoms with Crippen LogP contribution < -0.4 is 9.47 Å². The van der Waals surface area contributed by atoms with Gasteiger partial charge in [0.2, 0.25) is 0 Å². The first kappa shape index (κ1) is 17.8. The molecule has 1 aromatic heterocycles. The Hall–Kier alpha value is -3.60. The molecule has 0 atom stereocenters. The highest BCUT2D eigenvalue weighted by Crippen LogP contribution is 2.23. The summed E-state index contributed by atoms with van der Waals surface area (Å²) < 4.78 is 11.0. The average molecular weight is 372 g/mol. The number of hydrogen-bond acceptors (Lipinski definition) is 4. The van der Waals surface area contributed by atoms with Gasteiger partial charge in [-0.2, -0.15) is 0 Å². The van der Waals surface area contributed by atoms with Crippen LogP contribution in [0.25, 0.3) is 11.0 Å². The normalized spacial score (nSPS) is 10.8. The minimum absolute atomic E-state index is 0.0328. The standard InChI is InChI=1S/C23H20N2O3/c1-15-13-17(23(26)16-7-10-18(27-2)11-8-16)9-12-21(15)28-14-22-24-19-5-3-4-6-20(19)25-22/h3-13H,14H2,1-2H3,(H,24,25). The minimum atomic E-state index is -0.0328. The summed E-state index contributed by atoms with van der Waals surface area (Å²) in [6.45, 7) is 2.26. The quantitative estimate of drug-likeness (QED) is 0.499. The summed E-state index contributed by atoms with van der Waals surface area (Å²) in [5.41, 5.74) is 4.04. The molecule has 140 valence electrons. The van der Waals surface area contributed by atoms with Crippen LogP contribution in [0.3, 0.4) is 0 Å². The van der Waals surface area contributed by atoms with Gasteiger partial charge in [0.05, 0.1) is 18.1 Å². The van der Waals surface area contributed by atoms with Crippen molar-refractivity contribution in [2.45, 2.75) is 13.5 Å². The number of para-hydroxylation sites is 2. The number of fused-ring (bicyclic) bond motifs is 1. The van der Waals surface area contributed by atoms with E-state index in [-0.39, 0.29) is 5.78 Å². The number of methoxy groups -OCH3 is 1. The van der Waals surface area contributed by atoms with Gasteiger partial charge in [-0.1, -0.05) is 12.1 Å². The molecule has 4 aromatic rings. The van der Waals surface area contributed by atoms with Gasteiger partial charge in [-0.05, 0) is 67.1 Å². The first-order valence-electron chi connectivity index (χ1n) is 9.00. The predicted molar refractivity (Wildman–Crippen MR) is 108 cm³/mol. The van der Waals surface area contributed by atoms with Crippen LogP contribution in [-0.2, 0) is 6.61 Å². The molecule has 0 aliphatic heterocycles. The van der Waals surface area contributed by atoms with E-state index in [1.807, 2.05) is 43.3 Å². The third-order valence-corrected chi connectivity index (χ3v) is 4.59. The number of aryl methyl sites for hydroxylation is 1. The molecule has 0 amide bonds. The monoisotopic (exact) mass is 372 g/mol. The molecule has 5 heteroatoms. The lowest BCUT2D eigenvalue weighted by atomic mass is 10.0. The third kappa shape index (κ3) is 3.60. The molecule has 1 N–H and O–H groups in total. The highest BCUT2D eigenvalue weighted by molar-refractivity contribution is 6.09. The Balaban J connectivity index is 1.48. The second-order valence-corrected chi connectivity index (χ2v) is 6.53. The van der Waals surface area contributed by atoms with Crippen LogP contribution in [-0.4, -0.2) is 22.9 Å². The smallest absolute Gasteiger partial charge is 0.193 e. The number of carbonyl (C=O) groups excluding carboxylic acids is 1. The van der Waals surface area contributed by atoms with Crippen LogP contribution in [0.2, 0.25) is 0 Å². The van der Waals surface area contributed by atoms with Crippen molar-refractivity contribution in [2.24, 2.45) is 0 Å². The molecule has 0 saturated carbocycles. The van der Waals surface area contributed by atoms with Crippen LogP contribution in [0.15, 0.2) is 66.7 Å². The van der Waals surface area contributed by atoms with Crippen molar-refractivity contribution in [3.05, 3.63) is 89.2 Å². The average Bonchev–Trinajstić information content (AvgIpc) is 3.15. The Morgan fingerprint density at radius 2 is 1.75 bits per heavy atom. The summed E-state index contributed by atoms with van der Waals surface area (Å²) in [4.78, 5) is 20.4. The van der Waals surface area contributed by atoms with Crippen LogP contribution >= 0.6 is 0 Å². The Morgan fingerprint density at radius 3 is 2.46 bits per heavy atom. The molecule has 0 bridgehead atoms. The highest BCUT2D eigenvalue weighted by Gasteiger charge is 2.12. The van der Waals surface area contributed by atoms with E-state index >= 15 is 0 Å². The fourth-order valence-electron chi connectivity index (χ4n) is 3.08.